The number of rotatable bonds is 3. The van der Waals surface area contributed by atoms with Crippen LogP contribution in [-0.4, -0.2) is 19.5 Å². The van der Waals surface area contributed by atoms with Crippen LogP contribution in [0.25, 0.3) is 0 Å². The van der Waals surface area contributed by atoms with Crippen molar-refractivity contribution < 1.29 is 9.47 Å². The van der Waals surface area contributed by atoms with Crippen molar-refractivity contribution in [3.8, 4) is 0 Å². The second-order valence-electron chi connectivity index (χ2n) is 5.02. The summed E-state index contributed by atoms with van der Waals surface area (Å²) in [6.07, 6.45) is 8.77. The van der Waals surface area contributed by atoms with E-state index in [9.17, 15) is 0 Å². The van der Waals surface area contributed by atoms with Gasteiger partial charge in [0.2, 0.25) is 0 Å². The van der Waals surface area contributed by atoms with Gasteiger partial charge in [0.1, 0.15) is 0 Å². The maximum absolute atomic E-state index is 5.78. The number of hydrogen-bond acceptors (Lipinski definition) is 2. The third kappa shape index (κ3) is 3.57. The highest BCUT2D eigenvalue weighted by atomic mass is 35.5. The quantitative estimate of drug-likeness (QED) is 0.717. The summed E-state index contributed by atoms with van der Waals surface area (Å²) in [5.41, 5.74) is 1.65. The van der Waals surface area contributed by atoms with Gasteiger partial charge in [0.25, 0.3) is 0 Å². The molecule has 1 saturated heterocycles. The Bertz CT molecular complexity index is 261. The molecule has 0 N–H and O–H groups in total. The molecule has 3 heteroatoms. The summed E-state index contributed by atoms with van der Waals surface area (Å²) in [6, 6.07) is 0. The number of allylic oxidation sites excluding steroid dienone is 1. The largest absolute Gasteiger partial charge is 0.352 e. The predicted molar refractivity (Wildman–Crippen MR) is 69.8 cm³/mol. The Morgan fingerprint density at radius 2 is 1.65 bits per heavy atom. The second kappa shape index (κ2) is 6.58. The summed E-state index contributed by atoms with van der Waals surface area (Å²) >= 11 is 5.61. The van der Waals surface area contributed by atoms with Crippen molar-refractivity contribution in [1.29, 1.82) is 0 Å². The van der Waals surface area contributed by atoms with Crippen molar-refractivity contribution in [2.75, 3.05) is 13.2 Å². The zero-order chi connectivity index (χ0) is 12.1. The van der Waals surface area contributed by atoms with E-state index in [4.69, 9.17) is 21.1 Å². The minimum Gasteiger partial charge on any atom is -0.352 e. The molecule has 0 bridgehead atoms. The molecule has 0 spiro atoms. The lowest BCUT2D eigenvalue weighted by Crippen LogP contribution is -2.37. The van der Waals surface area contributed by atoms with Crippen LogP contribution in [0.2, 0.25) is 0 Å². The number of ether oxygens (including phenoxy) is 2. The molecule has 0 aromatic rings. The first-order chi connectivity index (χ1) is 8.33. The van der Waals surface area contributed by atoms with Gasteiger partial charge in [0.15, 0.2) is 6.29 Å². The van der Waals surface area contributed by atoms with Gasteiger partial charge < -0.3 is 9.47 Å². The predicted octanol–water partition coefficient (Wildman–Crippen LogP) is 3.72. The third-order valence-electron chi connectivity index (χ3n) is 3.83. The summed E-state index contributed by atoms with van der Waals surface area (Å²) in [7, 11) is 0. The first kappa shape index (κ1) is 13.1. The van der Waals surface area contributed by atoms with Crippen LogP contribution in [0.15, 0.2) is 24.3 Å². The summed E-state index contributed by atoms with van der Waals surface area (Å²) in [6.45, 7) is 5.29. The second-order valence-corrected chi connectivity index (χ2v) is 5.28. The minimum atomic E-state index is 0.00660. The van der Waals surface area contributed by atoms with Gasteiger partial charge in [-0.05, 0) is 31.6 Å². The van der Waals surface area contributed by atoms with Gasteiger partial charge in [0, 0.05) is 17.4 Å². The van der Waals surface area contributed by atoms with E-state index in [-0.39, 0.29) is 6.29 Å². The van der Waals surface area contributed by atoms with E-state index in [0.717, 1.165) is 13.2 Å². The maximum atomic E-state index is 5.78. The van der Waals surface area contributed by atoms with Gasteiger partial charge in [0.05, 0.1) is 13.2 Å². The van der Waals surface area contributed by atoms with E-state index < -0.39 is 0 Å². The molecular formula is C14H21ClO2. The third-order valence-corrected chi connectivity index (χ3v) is 3.97. The Hall–Kier alpha value is -0.310. The van der Waals surface area contributed by atoms with Crippen LogP contribution in [0.1, 0.15) is 25.7 Å². The monoisotopic (exact) mass is 256 g/mol. The van der Waals surface area contributed by atoms with Crippen LogP contribution in [0.3, 0.4) is 0 Å². The molecule has 17 heavy (non-hydrogen) atoms. The first-order valence-electron chi connectivity index (χ1n) is 6.46. The van der Waals surface area contributed by atoms with E-state index in [1.54, 1.807) is 5.54 Å². The van der Waals surface area contributed by atoms with Crippen LogP contribution >= 0.6 is 11.6 Å². The molecule has 0 amide bonds. The molecule has 0 atom stereocenters. The maximum Gasteiger partial charge on any atom is 0.160 e. The Labute approximate surface area is 109 Å². The van der Waals surface area contributed by atoms with Gasteiger partial charge in [-0.2, -0.15) is 0 Å². The van der Waals surface area contributed by atoms with Gasteiger partial charge >= 0.3 is 0 Å². The minimum absolute atomic E-state index is 0.00660. The van der Waals surface area contributed by atoms with Crippen LogP contribution < -0.4 is 0 Å². The molecule has 2 aliphatic rings. The molecule has 0 unspecified atom stereocenters. The summed E-state index contributed by atoms with van der Waals surface area (Å²) in [5, 5.41) is 0. The standard InChI is InChI=1S/C14H21ClO2/c1-2-11-9-16-14(17-10-11)13-5-3-12(4-6-13)7-8-15/h2,7-8,11-14H,1,3-6,9-10H2/b8-7+. The zero-order valence-corrected chi connectivity index (χ0v) is 10.9. The Kier molecular flexibility index (Phi) is 5.08. The molecule has 0 radical (unpaired) electrons. The van der Waals surface area contributed by atoms with E-state index in [2.05, 4.69) is 12.7 Å². The lowest BCUT2D eigenvalue weighted by atomic mass is 9.81. The molecule has 1 heterocycles. The van der Waals surface area contributed by atoms with Crippen molar-refractivity contribution in [3.63, 3.8) is 0 Å². The highest BCUT2D eigenvalue weighted by Gasteiger charge is 2.31. The van der Waals surface area contributed by atoms with E-state index in [0.29, 0.717) is 17.8 Å². The lowest BCUT2D eigenvalue weighted by Gasteiger charge is -2.36. The molecule has 1 aliphatic heterocycles. The molecule has 2 rings (SSSR count). The summed E-state index contributed by atoms with van der Waals surface area (Å²) in [5.74, 6) is 1.57. The summed E-state index contributed by atoms with van der Waals surface area (Å²) in [4.78, 5) is 0. The molecule has 2 nitrogen and oxygen atoms in total. The fourth-order valence-electron chi connectivity index (χ4n) is 2.65. The van der Waals surface area contributed by atoms with E-state index >= 15 is 0 Å². The number of halogens is 1. The lowest BCUT2D eigenvalue weighted by molar-refractivity contribution is -0.222. The van der Waals surface area contributed by atoms with Gasteiger partial charge in [-0.25, -0.2) is 0 Å². The van der Waals surface area contributed by atoms with E-state index in [1.165, 1.54) is 25.7 Å². The Balaban J connectivity index is 1.76. The average molecular weight is 257 g/mol. The molecule has 0 aromatic carbocycles. The number of hydrogen-bond donors (Lipinski definition) is 0. The molecule has 2 fully saturated rings. The molecular weight excluding hydrogens is 236 g/mol. The van der Waals surface area contributed by atoms with Crippen LogP contribution in [0, 0.1) is 17.8 Å². The Morgan fingerprint density at radius 3 is 2.18 bits per heavy atom. The highest BCUT2D eigenvalue weighted by Crippen LogP contribution is 2.34. The highest BCUT2D eigenvalue weighted by molar-refractivity contribution is 6.25. The fourth-order valence-corrected chi connectivity index (χ4v) is 2.86. The zero-order valence-electron chi connectivity index (χ0n) is 10.2. The Morgan fingerprint density at radius 1 is 1.00 bits per heavy atom. The van der Waals surface area contributed by atoms with Crippen LogP contribution in [0.4, 0.5) is 0 Å². The van der Waals surface area contributed by atoms with Crippen molar-refractivity contribution in [2.45, 2.75) is 32.0 Å². The van der Waals surface area contributed by atoms with Gasteiger partial charge in [-0.15, -0.1) is 6.58 Å². The summed E-state index contributed by atoms with van der Waals surface area (Å²) < 4.78 is 11.6. The van der Waals surface area contributed by atoms with Crippen molar-refractivity contribution in [2.24, 2.45) is 17.8 Å². The van der Waals surface area contributed by atoms with Crippen LogP contribution in [-0.2, 0) is 9.47 Å². The van der Waals surface area contributed by atoms with Crippen molar-refractivity contribution >= 4 is 11.6 Å². The van der Waals surface area contributed by atoms with Crippen molar-refractivity contribution in [3.05, 3.63) is 24.3 Å². The van der Waals surface area contributed by atoms with Gasteiger partial charge in [-0.3, -0.25) is 0 Å². The van der Waals surface area contributed by atoms with Crippen molar-refractivity contribution in [1.82, 2.24) is 0 Å². The first-order valence-corrected chi connectivity index (χ1v) is 6.89. The fraction of sp³-hybridized carbons (Fsp3) is 0.714. The van der Waals surface area contributed by atoms with Gasteiger partial charge in [-0.1, -0.05) is 23.8 Å². The topological polar surface area (TPSA) is 18.5 Å². The molecule has 0 aromatic heterocycles. The van der Waals surface area contributed by atoms with Crippen LogP contribution in [0.5, 0.6) is 0 Å². The normalized spacial score (nSPS) is 39.4. The smallest absolute Gasteiger partial charge is 0.160 e. The average Bonchev–Trinajstić information content (AvgIpc) is 2.40. The molecule has 1 saturated carbocycles. The molecule has 1 aliphatic carbocycles. The van der Waals surface area contributed by atoms with E-state index in [1.807, 2.05) is 6.08 Å². The SMILES string of the molecule is C=CC1COC(C2CCC(/C=C/Cl)CC2)OC1. The molecule has 96 valence electrons.